The van der Waals surface area contributed by atoms with Crippen molar-refractivity contribution in [3.8, 4) is 0 Å². The monoisotopic (exact) mass is 501 g/mol. The highest BCUT2D eigenvalue weighted by molar-refractivity contribution is 6.00. The minimum absolute atomic E-state index is 0.559. The molecule has 0 aliphatic carbocycles. The van der Waals surface area contributed by atoms with Crippen LogP contribution in [0.2, 0.25) is 0 Å². The van der Waals surface area contributed by atoms with Gasteiger partial charge in [-0.05, 0) is 82.3 Å². The fraction of sp³-hybridized carbons (Fsp3) is 0.0909. The van der Waals surface area contributed by atoms with Gasteiger partial charge in [0.15, 0.2) is 0 Å². The van der Waals surface area contributed by atoms with Gasteiger partial charge >= 0.3 is 5.97 Å². The number of carboxylic acids is 1. The zero-order valence-electron chi connectivity index (χ0n) is 21.6. The SMILES string of the molecule is CC/C(=C(/c1ccc(/C=C/C(=O)O)cc1)c1ccc(N)c(C=N)c1)c1ccc(N(C)c2ccccc2)cc1. The minimum atomic E-state index is -0.981. The zero-order chi connectivity index (χ0) is 27.1. The quantitative estimate of drug-likeness (QED) is 0.0958. The van der Waals surface area contributed by atoms with Crippen LogP contribution in [0.5, 0.6) is 0 Å². The minimum Gasteiger partial charge on any atom is -0.478 e. The van der Waals surface area contributed by atoms with Crippen LogP contribution in [0.25, 0.3) is 17.2 Å². The van der Waals surface area contributed by atoms with Crippen LogP contribution >= 0.6 is 0 Å². The van der Waals surface area contributed by atoms with Crippen molar-refractivity contribution in [1.29, 1.82) is 5.41 Å². The van der Waals surface area contributed by atoms with Gasteiger partial charge in [0, 0.05) is 42.0 Å². The van der Waals surface area contributed by atoms with Crippen molar-refractivity contribution in [2.45, 2.75) is 13.3 Å². The van der Waals surface area contributed by atoms with Crippen molar-refractivity contribution in [3.05, 3.63) is 131 Å². The molecule has 0 atom stereocenters. The van der Waals surface area contributed by atoms with Crippen molar-refractivity contribution >= 4 is 46.5 Å². The Labute approximate surface area is 223 Å². The highest BCUT2D eigenvalue weighted by Crippen LogP contribution is 2.36. The van der Waals surface area contributed by atoms with E-state index in [9.17, 15) is 4.79 Å². The van der Waals surface area contributed by atoms with Gasteiger partial charge in [0.1, 0.15) is 0 Å². The number of nitrogens with two attached hydrogens (primary N) is 1. The fourth-order valence-electron chi connectivity index (χ4n) is 4.51. The predicted octanol–water partition coefficient (Wildman–Crippen LogP) is 7.50. The van der Waals surface area contributed by atoms with Gasteiger partial charge in [0.05, 0.1) is 0 Å². The number of hydrogen-bond donors (Lipinski definition) is 3. The fourth-order valence-corrected chi connectivity index (χ4v) is 4.51. The number of para-hydroxylation sites is 1. The van der Waals surface area contributed by atoms with Crippen LogP contribution in [-0.4, -0.2) is 24.3 Å². The standard InChI is InChI=1S/C33H31N3O2/c1-3-30(24-14-17-29(18-15-24)36(2)28-7-5-4-6-8-28)33(26-16-19-31(35)27(21-26)22-34)25-12-9-23(10-13-25)11-20-32(37)38/h4-22,34H,3,35H2,1-2H3,(H,37,38)/b20-11+,33-30+,34-22?. The van der Waals surface area contributed by atoms with Crippen molar-refractivity contribution in [2.75, 3.05) is 17.7 Å². The smallest absolute Gasteiger partial charge is 0.328 e. The van der Waals surface area contributed by atoms with Crippen molar-refractivity contribution in [2.24, 2.45) is 0 Å². The van der Waals surface area contributed by atoms with E-state index in [1.54, 1.807) is 6.08 Å². The molecule has 0 heterocycles. The number of benzene rings is 4. The number of carboxylic acid groups (broad SMARTS) is 1. The number of nitrogen functional groups attached to an aromatic ring is 1. The number of rotatable bonds is 9. The van der Waals surface area contributed by atoms with Crippen LogP contribution in [0.4, 0.5) is 17.1 Å². The van der Waals surface area contributed by atoms with Gasteiger partial charge in [-0.3, -0.25) is 0 Å². The topological polar surface area (TPSA) is 90.4 Å². The first-order valence-corrected chi connectivity index (χ1v) is 12.5. The molecule has 190 valence electrons. The lowest BCUT2D eigenvalue weighted by Crippen LogP contribution is -2.09. The van der Waals surface area contributed by atoms with Crippen LogP contribution in [0.3, 0.4) is 0 Å². The molecule has 0 fully saturated rings. The number of allylic oxidation sites excluding steroid dienone is 1. The molecule has 5 heteroatoms. The Morgan fingerprint density at radius 3 is 2.08 bits per heavy atom. The second-order valence-corrected chi connectivity index (χ2v) is 8.93. The van der Waals surface area contributed by atoms with E-state index in [0.717, 1.165) is 57.3 Å². The first-order valence-electron chi connectivity index (χ1n) is 12.5. The summed E-state index contributed by atoms with van der Waals surface area (Å²) in [7, 11) is 2.06. The molecule has 0 aliphatic rings. The highest BCUT2D eigenvalue weighted by Gasteiger charge is 2.15. The summed E-state index contributed by atoms with van der Waals surface area (Å²) in [6, 6.07) is 32.4. The normalized spacial score (nSPS) is 11.7. The summed E-state index contributed by atoms with van der Waals surface area (Å²) in [5.41, 5.74) is 15.6. The maximum absolute atomic E-state index is 10.9. The summed E-state index contributed by atoms with van der Waals surface area (Å²) in [5.74, 6) is -0.981. The van der Waals surface area contributed by atoms with Crippen molar-refractivity contribution in [3.63, 3.8) is 0 Å². The molecule has 0 aromatic heterocycles. The third-order valence-electron chi connectivity index (χ3n) is 6.55. The number of nitrogens with one attached hydrogen (secondary N) is 1. The predicted molar refractivity (Wildman–Crippen MR) is 159 cm³/mol. The lowest BCUT2D eigenvalue weighted by molar-refractivity contribution is -0.131. The summed E-state index contributed by atoms with van der Waals surface area (Å²) >= 11 is 0. The molecule has 4 aromatic rings. The van der Waals surface area contributed by atoms with E-state index >= 15 is 0 Å². The van der Waals surface area contributed by atoms with Crippen LogP contribution in [0, 0.1) is 5.41 Å². The molecular weight excluding hydrogens is 470 g/mol. The number of aliphatic carboxylic acids is 1. The number of nitrogens with zero attached hydrogens (tertiary/aromatic N) is 1. The van der Waals surface area contributed by atoms with E-state index in [1.807, 2.05) is 60.7 Å². The first kappa shape index (κ1) is 26.2. The van der Waals surface area contributed by atoms with Gasteiger partial charge in [-0.25, -0.2) is 4.79 Å². The molecule has 0 saturated heterocycles. The van der Waals surface area contributed by atoms with Crippen molar-refractivity contribution < 1.29 is 9.90 Å². The Bertz CT molecular complexity index is 1490. The Hall–Kier alpha value is -4.90. The molecule has 4 N–H and O–H groups in total. The Balaban J connectivity index is 1.83. The second-order valence-electron chi connectivity index (χ2n) is 8.93. The lowest BCUT2D eigenvalue weighted by atomic mass is 9.87. The van der Waals surface area contributed by atoms with Crippen LogP contribution in [0.1, 0.15) is 41.2 Å². The van der Waals surface area contributed by atoms with Crippen molar-refractivity contribution in [1.82, 2.24) is 0 Å². The summed E-state index contributed by atoms with van der Waals surface area (Å²) in [4.78, 5) is 13.1. The molecule has 0 spiro atoms. The Morgan fingerprint density at radius 1 is 0.868 bits per heavy atom. The number of carbonyl (C=O) groups is 1. The molecule has 0 unspecified atom stereocenters. The van der Waals surface area contributed by atoms with Gasteiger partial charge in [-0.15, -0.1) is 0 Å². The summed E-state index contributed by atoms with van der Waals surface area (Å²) in [6.45, 7) is 2.14. The van der Waals surface area contributed by atoms with Crippen LogP contribution in [-0.2, 0) is 4.79 Å². The lowest BCUT2D eigenvalue weighted by Gasteiger charge is -2.21. The first-order chi connectivity index (χ1) is 18.4. The van der Waals surface area contributed by atoms with E-state index in [0.29, 0.717) is 11.3 Å². The zero-order valence-corrected chi connectivity index (χ0v) is 21.6. The van der Waals surface area contributed by atoms with E-state index in [4.69, 9.17) is 16.2 Å². The van der Waals surface area contributed by atoms with Gasteiger partial charge in [-0.2, -0.15) is 0 Å². The average molecular weight is 502 g/mol. The molecule has 38 heavy (non-hydrogen) atoms. The maximum Gasteiger partial charge on any atom is 0.328 e. The average Bonchev–Trinajstić information content (AvgIpc) is 2.96. The maximum atomic E-state index is 10.9. The van der Waals surface area contributed by atoms with Crippen LogP contribution < -0.4 is 10.6 Å². The van der Waals surface area contributed by atoms with Gasteiger partial charge in [0.2, 0.25) is 0 Å². The number of hydrogen-bond acceptors (Lipinski definition) is 4. The molecular formula is C33H31N3O2. The van der Waals surface area contributed by atoms with Gasteiger partial charge < -0.3 is 21.1 Å². The molecule has 0 aliphatic heterocycles. The Morgan fingerprint density at radius 2 is 1.47 bits per heavy atom. The van der Waals surface area contributed by atoms with E-state index in [2.05, 4.69) is 55.3 Å². The molecule has 0 saturated carbocycles. The highest BCUT2D eigenvalue weighted by atomic mass is 16.4. The van der Waals surface area contributed by atoms with E-state index in [1.165, 1.54) is 6.21 Å². The van der Waals surface area contributed by atoms with E-state index < -0.39 is 5.97 Å². The third-order valence-corrected chi connectivity index (χ3v) is 6.55. The molecule has 0 bridgehead atoms. The van der Waals surface area contributed by atoms with Crippen LogP contribution in [0.15, 0.2) is 103 Å². The van der Waals surface area contributed by atoms with Gasteiger partial charge in [-0.1, -0.05) is 67.6 Å². The largest absolute Gasteiger partial charge is 0.478 e. The van der Waals surface area contributed by atoms with Gasteiger partial charge in [0.25, 0.3) is 0 Å². The molecule has 4 rings (SSSR count). The Kier molecular flexibility index (Phi) is 8.19. The second kappa shape index (κ2) is 11.9. The summed E-state index contributed by atoms with van der Waals surface area (Å²) in [6.07, 6.45) is 4.77. The molecule has 5 nitrogen and oxygen atoms in total. The third kappa shape index (κ3) is 5.90. The van der Waals surface area contributed by atoms with E-state index in [-0.39, 0.29) is 0 Å². The summed E-state index contributed by atoms with van der Waals surface area (Å²) in [5, 5.41) is 16.8. The summed E-state index contributed by atoms with van der Waals surface area (Å²) < 4.78 is 0. The number of anilines is 3. The molecule has 4 aromatic carbocycles. The molecule has 0 amide bonds. The molecule has 0 radical (unpaired) electrons.